The molecule has 4 atom stereocenters. The van der Waals surface area contributed by atoms with Crippen LogP contribution in [-0.2, 0) is 0 Å². The molecule has 4 aliphatic rings. The Hall–Kier alpha value is 0. The molecule has 0 heterocycles. The van der Waals surface area contributed by atoms with Crippen LogP contribution in [0.25, 0.3) is 0 Å². The van der Waals surface area contributed by atoms with E-state index >= 15 is 0 Å². The molecule has 0 aromatic rings. The van der Waals surface area contributed by atoms with E-state index in [-0.39, 0.29) is 0 Å². The molecule has 0 heteroatoms. The van der Waals surface area contributed by atoms with Gasteiger partial charge in [0, 0.05) is 0 Å². The minimum absolute atomic E-state index is 0.866. The summed E-state index contributed by atoms with van der Waals surface area (Å²) in [5.41, 5.74) is 0.866. The lowest BCUT2D eigenvalue weighted by molar-refractivity contribution is -0.158. The minimum Gasteiger partial charge on any atom is -0.0654 e. The Kier molecular flexibility index (Phi) is 1.91. The average molecular weight is 218 g/mol. The molecule has 0 aromatic carbocycles. The molecule has 0 saturated heterocycles. The summed E-state index contributed by atoms with van der Waals surface area (Å²) in [6.45, 7) is 4.98. The van der Waals surface area contributed by atoms with Gasteiger partial charge < -0.3 is 0 Å². The third-order valence-corrected chi connectivity index (χ3v) is 7.31. The fourth-order valence-electron chi connectivity index (χ4n) is 6.43. The van der Waals surface area contributed by atoms with Crippen molar-refractivity contribution in [3.63, 3.8) is 0 Å². The second-order valence-electron chi connectivity index (χ2n) is 7.55. The van der Waals surface area contributed by atoms with Crippen molar-refractivity contribution in [1.82, 2.24) is 0 Å². The quantitative estimate of drug-likeness (QED) is 0.654. The van der Waals surface area contributed by atoms with Crippen molar-refractivity contribution >= 4 is 0 Å². The first-order valence-electron chi connectivity index (χ1n) is 7.75. The first-order chi connectivity index (χ1) is 7.75. The van der Waals surface area contributed by atoms with E-state index in [1.54, 1.807) is 32.1 Å². The van der Waals surface area contributed by atoms with Crippen LogP contribution >= 0.6 is 0 Å². The lowest BCUT2D eigenvalue weighted by Crippen LogP contribution is -2.57. The summed E-state index contributed by atoms with van der Waals surface area (Å²) < 4.78 is 0. The molecule has 0 radical (unpaired) electrons. The monoisotopic (exact) mass is 218 g/mol. The highest BCUT2D eigenvalue weighted by atomic mass is 14.8. The third-order valence-electron chi connectivity index (χ3n) is 7.31. The maximum absolute atomic E-state index is 2.64. The number of hydrogen-bond donors (Lipinski definition) is 0. The van der Waals surface area contributed by atoms with E-state index in [1.807, 2.05) is 0 Å². The summed E-state index contributed by atoms with van der Waals surface area (Å²) in [7, 11) is 0. The smallest absolute Gasteiger partial charge is 0.0235 e. The molecule has 4 aliphatic carbocycles. The van der Waals surface area contributed by atoms with Crippen LogP contribution in [0.5, 0.6) is 0 Å². The molecule has 0 aliphatic heterocycles. The molecular weight excluding hydrogens is 192 g/mol. The van der Waals surface area contributed by atoms with Gasteiger partial charge in [-0.3, -0.25) is 0 Å². The topological polar surface area (TPSA) is 0 Å². The molecule has 0 nitrogen and oxygen atoms in total. The Morgan fingerprint density at radius 2 is 1.62 bits per heavy atom. The molecule has 0 aromatic heterocycles. The zero-order chi connectivity index (χ0) is 10.9. The molecule has 0 spiro atoms. The molecular formula is C16H26. The average Bonchev–Trinajstić information content (AvgIpc) is 2.65. The lowest BCUT2D eigenvalue weighted by atomic mass is 9.40. The van der Waals surface area contributed by atoms with Crippen LogP contribution in [0, 0.1) is 40.9 Å². The van der Waals surface area contributed by atoms with E-state index in [0.29, 0.717) is 0 Å². The standard InChI is InChI=1S/C16H26/c1-3-4-5-10-6-12-13(7-10)15-9-11-8-14(12)16(11,15)2/h10-15H,3-9H2,1-2H3. The van der Waals surface area contributed by atoms with Crippen molar-refractivity contribution in [2.75, 3.05) is 0 Å². The van der Waals surface area contributed by atoms with Crippen LogP contribution in [0.15, 0.2) is 0 Å². The van der Waals surface area contributed by atoms with Gasteiger partial charge in [0.2, 0.25) is 0 Å². The molecule has 0 bridgehead atoms. The van der Waals surface area contributed by atoms with Crippen molar-refractivity contribution in [3.8, 4) is 0 Å². The summed E-state index contributed by atoms with van der Waals surface area (Å²) in [5.74, 6) is 6.99. The highest BCUT2D eigenvalue weighted by Crippen LogP contribution is 2.80. The van der Waals surface area contributed by atoms with Gasteiger partial charge in [-0.2, -0.15) is 0 Å². The van der Waals surface area contributed by atoms with Crippen LogP contribution in [-0.4, -0.2) is 0 Å². The Balaban J connectivity index is 1.48. The maximum atomic E-state index is 2.64. The summed E-state index contributed by atoms with van der Waals surface area (Å²) in [5, 5.41) is 0. The van der Waals surface area contributed by atoms with E-state index in [4.69, 9.17) is 0 Å². The number of fused-ring (bicyclic) bond motifs is 3. The zero-order valence-corrected chi connectivity index (χ0v) is 10.9. The molecule has 4 rings (SSSR count). The zero-order valence-electron chi connectivity index (χ0n) is 10.9. The predicted octanol–water partition coefficient (Wildman–Crippen LogP) is 4.49. The highest BCUT2D eigenvalue weighted by molar-refractivity contribution is 5.22. The fourth-order valence-corrected chi connectivity index (χ4v) is 6.43. The Morgan fingerprint density at radius 1 is 1.00 bits per heavy atom. The molecule has 90 valence electrons. The SMILES string of the molecule is CCCCC1CC2C(C1)C1CC3CC2C31C. The normalized spacial score (nSPS) is 61.1. The first kappa shape index (κ1) is 9.97. The summed E-state index contributed by atoms with van der Waals surface area (Å²) in [6, 6.07) is 0. The van der Waals surface area contributed by atoms with Gasteiger partial charge >= 0.3 is 0 Å². The summed E-state index contributed by atoms with van der Waals surface area (Å²) in [6.07, 6.45) is 10.9. The van der Waals surface area contributed by atoms with Gasteiger partial charge in [0.25, 0.3) is 0 Å². The van der Waals surface area contributed by atoms with Crippen molar-refractivity contribution in [2.24, 2.45) is 40.9 Å². The van der Waals surface area contributed by atoms with Crippen LogP contribution < -0.4 is 0 Å². The van der Waals surface area contributed by atoms with E-state index in [9.17, 15) is 0 Å². The molecule has 4 saturated carbocycles. The van der Waals surface area contributed by atoms with E-state index in [0.717, 1.165) is 11.3 Å². The Labute approximate surface area is 100 Å². The Morgan fingerprint density at radius 3 is 2.12 bits per heavy atom. The summed E-state index contributed by atoms with van der Waals surface area (Å²) >= 11 is 0. The lowest BCUT2D eigenvalue weighted by Gasteiger charge is -2.64. The number of unbranched alkanes of at least 4 members (excludes halogenated alkanes) is 1. The third kappa shape index (κ3) is 0.946. The molecule has 0 amide bonds. The fraction of sp³-hybridized carbons (Fsp3) is 1.00. The van der Waals surface area contributed by atoms with E-state index in [1.165, 1.54) is 42.4 Å². The minimum atomic E-state index is 0.866. The van der Waals surface area contributed by atoms with E-state index in [2.05, 4.69) is 13.8 Å². The van der Waals surface area contributed by atoms with Crippen LogP contribution in [0.3, 0.4) is 0 Å². The second kappa shape index (κ2) is 3.06. The number of hydrogen-bond acceptors (Lipinski definition) is 0. The van der Waals surface area contributed by atoms with Crippen LogP contribution in [0.2, 0.25) is 0 Å². The molecule has 0 N–H and O–H groups in total. The first-order valence-corrected chi connectivity index (χ1v) is 7.75. The molecule has 16 heavy (non-hydrogen) atoms. The predicted molar refractivity (Wildman–Crippen MR) is 67.0 cm³/mol. The van der Waals surface area contributed by atoms with Gasteiger partial charge in [-0.15, -0.1) is 0 Å². The molecule has 4 fully saturated rings. The van der Waals surface area contributed by atoms with Crippen molar-refractivity contribution < 1.29 is 0 Å². The van der Waals surface area contributed by atoms with Crippen LogP contribution in [0.1, 0.15) is 58.8 Å². The van der Waals surface area contributed by atoms with Gasteiger partial charge in [0.1, 0.15) is 0 Å². The van der Waals surface area contributed by atoms with Crippen LogP contribution in [0.4, 0.5) is 0 Å². The van der Waals surface area contributed by atoms with Gasteiger partial charge in [-0.25, -0.2) is 0 Å². The maximum Gasteiger partial charge on any atom is -0.0235 e. The van der Waals surface area contributed by atoms with Gasteiger partial charge in [-0.05, 0) is 66.6 Å². The molecule has 4 unspecified atom stereocenters. The van der Waals surface area contributed by atoms with Crippen molar-refractivity contribution in [2.45, 2.75) is 58.8 Å². The van der Waals surface area contributed by atoms with E-state index < -0.39 is 0 Å². The van der Waals surface area contributed by atoms with Gasteiger partial charge in [0.15, 0.2) is 0 Å². The van der Waals surface area contributed by atoms with Crippen molar-refractivity contribution in [1.29, 1.82) is 0 Å². The highest BCUT2D eigenvalue weighted by Gasteiger charge is 2.73. The largest absolute Gasteiger partial charge is 0.0654 e. The van der Waals surface area contributed by atoms with Gasteiger partial charge in [0.05, 0.1) is 0 Å². The van der Waals surface area contributed by atoms with Gasteiger partial charge in [-0.1, -0.05) is 33.1 Å². The second-order valence-corrected chi connectivity index (χ2v) is 7.55. The van der Waals surface area contributed by atoms with Crippen molar-refractivity contribution in [3.05, 3.63) is 0 Å². The number of rotatable bonds is 3. The summed E-state index contributed by atoms with van der Waals surface area (Å²) in [4.78, 5) is 0. The Bertz CT molecular complexity index is 283.